The zero-order chi connectivity index (χ0) is 27.5. The second kappa shape index (κ2) is 11.3. The van der Waals surface area contributed by atoms with Gasteiger partial charge in [0, 0.05) is 53.1 Å². The number of rotatable bonds is 9. The summed E-state index contributed by atoms with van der Waals surface area (Å²) in [5.41, 5.74) is 5.50. The van der Waals surface area contributed by atoms with E-state index in [1.165, 1.54) is 5.57 Å². The first-order valence-electron chi connectivity index (χ1n) is 13.4. The largest absolute Gasteiger partial charge is 0.372 e. The summed E-state index contributed by atoms with van der Waals surface area (Å²) in [4.78, 5) is 6.85. The SMILES string of the molecule is C=C(/C(CCC(C)(C)F)=C(/F)c1cc(C(/C(C)=C/C)c2ccc(C(C)(C)C)nc2)ccc1C)N1CCC1. The summed E-state index contributed by atoms with van der Waals surface area (Å²) in [5, 5.41) is 0. The van der Waals surface area contributed by atoms with Crippen molar-refractivity contribution in [2.75, 3.05) is 13.1 Å². The van der Waals surface area contributed by atoms with Crippen molar-refractivity contribution in [2.45, 2.75) is 91.7 Å². The number of aromatic nitrogens is 1. The molecule has 1 aromatic heterocycles. The third kappa shape index (κ3) is 6.97. The number of nitrogens with zero attached hydrogens (tertiary/aromatic N) is 2. The first-order chi connectivity index (χ1) is 17.2. The Morgan fingerprint density at radius 3 is 2.24 bits per heavy atom. The number of likely N-dealkylation sites (tertiary alicyclic amines) is 1. The van der Waals surface area contributed by atoms with E-state index < -0.39 is 5.67 Å². The predicted octanol–water partition coefficient (Wildman–Crippen LogP) is 9.21. The molecule has 200 valence electrons. The van der Waals surface area contributed by atoms with Gasteiger partial charge in [-0.05, 0) is 82.7 Å². The molecule has 0 radical (unpaired) electrons. The summed E-state index contributed by atoms with van der Waals surface area (Å²) < 4.78 is 30.8. The van der Waals surface area contributed by atoms with Gasteiger partial charge >= 0.3 is 0 Å². The highest BCUT2D eigenvalue weighted by Gasteiger charge is 2.26. The molecule has 1 atom stereocenters. The van der Waals surface area contributed by atoms with Crippen molar-refractivity contribution in [2.24, 2.45) is 0 Å². The molecule has 0 spiro atoms. The van der Waals surface area contributed by atoms with Crippen molar-refractivity contribution in [3.05, 3.63) is 94.0 Å². The topological polar surface area (TPSA) is 16.1 Å². The normalized spacial score (nSPS) is 16.3. The molecule has 1 saturated heterocycles. The molecule has 4 heteroatoms. The van der Waals surface area contributed by atoms with Gasteiger partial charge in [0.2, 0.25) is 0 Å². The minimum absolute atomic E-state index is 0.0297. The first-order valence-corrected chi connectivity index (χ1v) is 13.4. The summed E-state index contributed by atoms with van der Waals surface area (Å²) in [6.07, 6.45) is 5.68. The van der Waals surface area contributed by atoms with Crippen LogP contribution < -0.4 is 0 Å². The van der Waals surface area contributed by atoms with E-state index in [1.807, 2.05) is 32.2 Å². The van der Waals surface area contributed by atoms with Gasteiger partial charge in [0.05, 0.1) is 0 Å². The molecule has 37 heavy (non-hydrogen) atoms. The van der Waals surface area contributed by atoms with Crippen LogP contribution in [0.15, 0.2) is 66.0 Å². The first kappa shape index (κ1) is 28.8. The van der Waals surface area contributed by atoms with Gasteiger partial charge in [-0.3, -0.25) is 4.98 Å². The number of benzene rings is 1. The molecule has 1 unspecified atom stereocenters. The molecule has 3 rings (SSSR count). The van der Waals surface area contributed by atoms with Crippen LogP contribution in [-0.2, 0) is 5.41 Å². The fraction of sp³-hybridized carbons (Fsp3) is 0.485. The molecule has 2 nitrogen and oxygen atoms in total. The van der Waals surface area contributed by atoms with Crippen LogP contribution in [-0.4, -0.2) is 28.6 Å². The third-order valence-electron chi connectivity index (χ3n) is 7.45. The maximum absolute atomic E-state index is 16.4. The van der Waals surface area contributed by atoms with Crippen LogP contribution in [0.3, 0.4) is 0 Å². The zero-order valence-corrected chi connectivity index (χ0v) is 24.0. The Labute approximate surface area is 223 Å². The summed E-state index contributed by atoms with van der Waals surface area (Å²) in [7, 11) is 0. The lowest BCUT2D eigenvalue weighted by Gasteiger charge is -2.36. The number of hydrogen-bond acceptors (Lipinski definition) is 2. The van der Waals surface area contributed by atoms with E-state index in [9.17, 15) is 4.39 Å². The van der Waals surface area contributed by atoms with Crippen LogP contribution in [0.2, 0.25) is 0 Å². The predicted molar refractivity (Wildman–Crippen MR) is 153 cm³/mol. The van der Waals surface area contributed by atoms with Gasteiger partial charge in [0.25, 0.3) is 0 Å². The quantitative estimate of drug-likeness (QED) is 0.249. The molecule has 0 bridgehead atoms. The second-order valence-electron chi connectivity index (χ2n) is 12.1. The van der Waals surface area contributed by atoms with Crippen LogP contribution in [0.4, 0.5) is 8.78 Å². The zero-order valence-electron chi connectivity index (χ0n) is 24.0. The number of alkyl halides is 1. The Bertz CT molecular complexity index is 1170. The Morgan fingerprint density at radius 2 is 1.76 bits per heavy atom. The molecule has 0 aliphatic carbocycles. The molecule has 2 aromatic rings. The summed E-state index contributed by atoms with van der Waals surface area (Å²) in [6.45, 7) is 21.6. The molecule has 1 fully saturated rings. The fourth-order valence-corrected chi connectivity index (χ4v) is 4.70. The van der Waals surface area contributed by atoms with Gasteiger partial charge in [-0.1, -0.05) is 57.2 Å². The van der Waals surface area contributed by atoms with Gasteiger partial charge in [-0.15, -0.1) is 0 Å². The minimum atomic E-state index is -1.38. The summed E-state index contributed by atoms with van der Waals surface area (Å²) in [5.74, 6) is -0.330. The summed E-state index contributed by atoms with van der Waals surface area (Å²) >= 11 is 0. The van der Waals surface area contributed by atoms with E-state index in [0.29, 0.717) is 23.3 Å². The van der Waals surface area contributed by atoms with E-state index in [2.05, 4.69) is 63.4 Å². The Kier molecular flexibility index (Phi) is 8.82. The number of pyridine rings is 1. The molecule has 0 saturated carbocycles. The Hall–Kier alpha value is -2.75. The van der Waals surface area contributed by atoms with Crippen LogP contribution in [0.1, 0.15) is 102 Å². The van der Waals surface area contributed by atoms with Crippen molar-refractivity contribution >= 4 is 5.83 Å². The number of halogens is 2. The minimum Gasteiger partial charge on any atom is -0.372 e. The molecule has 1 aliphatic rings. The molecule has 0 amide bonds. The van der Waals surface area contributed by atoms with Gasteiger partial charge < -0.3 is 4.90 Å². The lowest BCUT2D eigenvalue weighted by molar-refractivity contribution is 0.199. The van der Waals surface area contributed by atoms with E-state index in [-0.39, 0.29) is 23.6 Å². The molecule has 2 heterocycles. The van der Waals surface area contributed by atoms with Gasteiger partial charge in [0.1, 0.15) is 11.5 Å². The van der Waals surface area contributed by atoms with E-state index in [1.54, 1.807) is 13.8 Å². The van der Waals surface area contributed by atoms with E-state index in [4.69, 9.17) is 4.98 Å². The second-order valence-corrected chi connectivity index (χ2v) is 12.1. The van der Waals surface area contributed by atoms with Crippen molar-refractivity contribution in [3.63, 3.8) is 0 Å². The average Bonchev–Trinajstić information content (AvgIpc) is 2.78. The number of allylic oxidation sites excluding steroid dienone is 3. The van der Waals surface area contributed by atoms with Gasteiger partial charge in [0.15, 0.2) is 0 Å². The Balaban J connectivity index is 2.10. The monoisotopic (exact) mass is 506 g/mol. The van der Waals surface area contributed by atoms with Crippen molar-refractivity contribution < 1.29 is 8.78 Å². The molecular formula is C33H44F2N2. The van der Waals surface area contributed by atoms with Gasteiger partial charge in [-0.2, -0.15) is 0 Å². The molecule has 1 aliphatic heterocycles. The van der Waals surface area contributed by atoms with Gasteiger partial charge in [-0.25, -0.2) is 8.78 Å². The summed E-state index contributed by atoms with van der Waals surface area (Å²) in [6, 6.07) is 10.3. The maximum atomic E-state index is 16.4. The standard InChI is InChI=1S/C33H44F2N2/c1-10-22(2)30(26-14-15-29(36-21-26)32(5,6)7)25-13-12-23(3)28(20-25)31(34)27(16-17-33(8,9)35)24(4)37-18-11-19-37/h10,12-15,20-21,30H,4,11,16-19H2,1-3,5-9H3/b22-10+,31-27+. The van der Waals surface area contributed by atoms with Crippen LogP contribution in [0.5, 0.6) is 0 Å². The number of hydrogen-bond donors (Lipinski definition) is 0. The highest BCUT2D eigenvalue weighted by atomic mass is 19.1. The highest BCUT2D eigenvalue weighted by Crippen LogP contribution is 2.38. The van der Waals surface area contributed by atoms with Crippen molar-refractivity contribution in [3.8, 4) is 0 Å². The van der Waals surface area contributed by atoms with E-state index in [0.717, 1.165) is 41.9 Å². The molecule has 0 N–H and O–H groups in total. The third-order valence-corrected chi connectivity index (χ3v) is 7.45. The fourth-order valence-electron chi connectivity index (χ4n) is 4.70. The van der Waals surface area contributed by atoms with Crippen LogP contribution in [0, 0.1) is 6.92 Å². The van der Waals surface area contributed by atoms with Crippen molar-refractivity contribution in [1.29, 1.82) is 0 Å². The highest BCUT2D eigenvalue weighted by molar-refractivity contribution is 5.70. The van der Waals surface area contributed by atoms with Crippen molar-refractivity contribution in [1.82, 2.24) is 9.88 Å². The molecule has 1 aromatic carbocycles. The maximum Gasteiger partial charge on any atom is 0.135 e. The number of aryl methyl sites for hydroxylation is 1. The Morgan fingerprint density at radius 1 is 1.11 bits per heavy atom. The van der Waals surface area contributed by atoms with E-state index >= 15 is 4.39 Å². The smallest absolute Gasteiger partial charge is 0.135 e. The lowest BCUT2D eigenvalue weighted by atomic mass is 9.83. The van der Waals surface area contributed by atoms with Crippen LogP contribution in [0.25, 0.3) is 5.83 Å². The lowest BCUT2D eigenvalue weighted by Crippen LogP contribution is -2.36. The average molecular weight is 507 g/mol. The molecular weight excluding hydrogens is 462 g/mol. The van der Waals surface area contributed by atoms with Crippen LogP contribution >= 0.6 is 0 Å².